The van der Waals surface area contributed by atoms with Crippen LogP contribution in [0.2, 0.25) is 0 Å². The first-order valence-corrected chi connectivity index (χ1v) is 24.2. The summed E-state index contributed by atoms with van der Waals surface area (Å²) in [6.07, 6.45) is 1.64. The maximum absolute atomic E-state index is 14.0. The minimum absolute atomic E-state index is 0.00730. The van der Waals surface area contributed by atoms with Crippen LogP contribution in [-0.4, -0.2) is 146 Å². The van der Waals surface area contributed by atoms with Gasteiger partial charge in [-0.15, -0.1) is 0 Å². The molecule has 65 heavy (non-hydrogen) atoms. The molecule has 15 heteroatoms. The number of carbonyl (C=O) groups is 4. The molecule has 5 rings (SSSR count). The zero-order chi connectivity index (χ0) is 48.8. The topological polar surface area (TPSA) is 233 Å². The highest BCUT2D eigenvalue weighted by Gasteiger charge is 2.74. The smallest absolute Gasteiger partial charge is 0.351 e. The SMILES string of the molecule is CC[C@H]1OC(=O)[C@H](C)[C@@H](O)[C@H](C)[C@@H](O)[C@](C)(O)C[C@@H](C)CN(CCCNCCC(=O)O[C@]2(C(=O)OC)[C@H](C)CC3C4C[C@H](C)C5=CC(=O)C=C[C@]5(C)C4[C@@H](O)C[C@@]32C)[C@H](C)[C@@H](O)[C@]1(C)O. The zero-order valence-electron chi connectivity index (χ0n) is 41.1. The van der Waals surface area contributed by atoms with Gasteiger partial charge in [0, 0.05) is 47.7 Å². The van der Waals surface area contributed by atoms with Crippen LogP contribution in [0.25, 0.3) is 0 Å². The molecule has 1 heterocycles. The molecule has 0 radical (unpaired) electrons. The molecule has 7 N–H and O–H groups in total. The third-order valence-corrected chi connectivity index (χ3v) is 17.2. The van der Waals surface area contributed by atoms with Gasteiger partial charge in [0.1, 0.15) is 17.8 Å². The number of nitrogens with one attached hydrogen (secondary N) is 1. The Bertz CT molecular complexity index is 1800. The fourth-order valence-electron chi connectivity index (χ4n) is 13.7. The van der Waals surface area contributed by atoms with Crippen molar-refractivity contribution in [2.45, 2.75) is 174 Å². The van der Waals surface area contributed by atoms with E-state index in [1.54, 1.807) is 32.9 Å². The van der Waals surface area contributed by atoms with E-state index in [1.807, 2.05) is 31.7 Å². The molecule has 19 atom stereocenters. The lowest BCUT2D eigenvalue weighted by Crippen LogP contribution is -2.64. The second kappa shape index (κ2) is 20.1. The van der Waals surface area contributed by atoms with Gasteiger partial charge in [0.15, 0.2) is 5.78 Å². The van der Waals surface area contributed by atoms with Gasteiger partial charge in [-0.2, -0.15) is 0 Å². The molecular formula is C50H82N2O13. The van der Waals surface area contributed by atoms with Crippen molar-refractivity contribution in [3.8, 4) is 0 Å². The van der Waals surface area contributed by atoms with Crippen LogP contribution >= 0.6 is 0 Å². The molecule has 0 aromatic rings. The molecule has 3 saturated carbocycles. The summed E-state index contributed by atoms with van der Waals surface area (Å²) in [6.45, 7) is 21.0. The number of nitrogens with zero attached hydrogens (tertiary/aromatic N) is 1. The Morgan fingerprint density at radius 1 is 0.938 bits per heavy atom. The number of aliphatic hydroxyl groups excluding tert-OH is 4. The molecule has 0 spiro atoms. The van der Waals surface area contributed by atoms with E-state index in [0.717, 1.165) is 12.0 Å². The van der Waals surface area contributed by atoms with Crippen molar-refractivity contribution in [3.05, 3.63) is 23.8 Å². The second-order valence-corrected chi connectivity index (χ2v) is 21.9. The van der Waals surface area contributed by atoms with Crippen LogP contribution in [0.3, 0.4) is 0 Å². The average Bonchev–Trinajstić information content (AvgIpc) is 3.46. The number of carbonyl (C=O) groups excluding carboxylic acids is 4. The van der Waals surface area contributed by atoms with Crippen LogP contribution in [-0.2, 0) is 33.4 Å². The third-order valence-electron chi connectivity index (χ3n) is 17.2. The lowest BCUT2D eigenvalue weighted by molar-refractivity contribution is -0.217. The van der Waals surface area contributed by atoms with E-state index in [1.165, 1.54) is 27.9 Å². The summed E-state index contributed by atoms with van der Waals surface area (Å²) in [5, 5.41) is 72.6. The molecule has 0 aromatic heterocycles. The Labute approximate surface area is 386 Å². The standard InChI is InChI=1S/C50H82N2O13/c1-13-38-49(11,62)43(58)32(7)52(26-27(2)24-48(10,61)42(57)30(5)41(56)31(6)44(59)64-38)20-14-18-51-19-16-39(55)65-50(45(60)63-12)29(4)22-36-34-21-28(3)35-23-33(53)15-17-46(35,8)40(34)37(54)25-47(36,50)9/h15,17,23,27-32,34,36-38,40-43,51,54,56-58,61-62H,13-14,16,18-22,24-26H2,1-12H3/t27-,28+,29-,30+,31-,32-,34?,36?,37+,38-,40?,41+,42-,43-,46+,47+,48-,49-,50+/m1/s1. The maximum atomic E-state index is 14.0. The fraction of sp³-hybridized carbons (Fsp3) is 0.840. The molecule has 4 aliphatic carbocycles. The van der Waals surface area contributed by atoms with Crippen LogP contribution < -0.4 is 5.32 Å². The molecule has 15 nitrogen and oxygen atoms in total. The van der Waals surface area contributed by atoms with Gasteiger partial charge in [-0.3, -0.25) is 19.3 Å². The molecule has 0 bridgehead atoms. The first-order valence-electron chi connectivity index (χ1n) is 24.2. The van der Waals surface area contributed by atoms with Gasteiger partial charge in [0.05, 0.1) is 43.4 Å². The van der Waals surface area contributed by atoms with Gasteiger partial charge in [0.25, 0.3) is 0 Å². The highest BCUT2D eigenvalue weighted by atomic mass is 16.6. The zero-order valence-corrected chi connectivity index (χ0v) is 41.1. The quantitative estimate of drug-likeness (QED) is 0.0945. The second-order valence-electron chi connectivity index (χ2n) is 21.9. The summed E-state index contributed by atoms with van der Waals surface area (Å²) >= 11 is 0. The Morgan fingerprint density at radius 2 is 1.60 bits per heavy atom. The number of aliphatic hydroxyl groups is 6. The highest BCUT2D eigenvalue weighted by molar-refractivity contribution is 6.01. The van der Waals surface area contributed by atoms with Gasteiger partial charge < -0.3 is 50.2 Å². The van der Waals surface area contributed by atoms with E-state index >= 15 is 0 Å². The molecule has 370 valence electrons. The van der Waals surface area contributed by atoms with E-state index in [-0.39, 0.29) is 73.5 Å². The van der Waals surface area contributed by atoms with Crippen LogP contribution in [0, 0.1) is 58.2 Å². The number of rotatable bonds is 10. The summed E-state index contributed by atoms with van der Waals surface area (Å²) in [5.74, 6) is -4.75. The number of methoxy groups -OCH3 is 1. The molecule has 0 aromatic carbocycles. The maximum Gasteiger partial charge on any atom is 0.351 e. The molecule has 4 fully saturated rings. The molecule has 1 saturated heterocycles. The number of hydrogen-bond donors (Lipinski definition) is 7. The minimum Gasteiger partial charge on any atom is -0.466 e. The van der Waals surface area contributed by atoms with Crippen LogP contribution in [0.1, 0.15) is 121 Å². The van der Waals surface area contributed by atoms with Crippen LogP contribution in [0.4, 0.5) is 0 Å². The molecular weight excluding hydrogens is 837 g/mol. The van der Waals surface area contributed by atoms with Crippen LogP contribution in [0.5, 0.6) is 0 Å². The minimum atomic E-state index is -1.87. The number of esters is 3. The third kappa shape index (κ3) is 9.78. The van der Waals surface area contributed by atoms with Gasteiger partial charge >= 0.3 is 17.9 Å². The van der Waals surface area contributed by atoms with Crippen molar-refractivity contribution in [1.29, 1.82) is 0 Å². The van der Waals surface area contributed by atoms with E-state index in [2.05, 4.69) is 19.2 Å². The summed E-state index contributed by atoms with van der Waals surface area (Å²) < 4.78 is 17.5. The van der Waals surface area contributed by atoms with Crippen LogP contribution in [0.15, 0.2) is 23.8 Å². The molecule has 0 amide bonds. The first-order chi connectivity index (χ1) is 30.2. The molecule has 5 aliphatic rings. The van der Waals surface area contributed by atoms with Gasteiger partial charge in [-0.05, 0) is 115 Å². The van der Waals surface area contributed by atoms with Gasteiger partial charge in [-0.25, -0.2) is 4.79 Å². The monoisotopic (exact) mass is 919 g/mol. The van der Waals surface area contributed by atoms with E-state index in [9.17, 15) is 49.8 Å². The first kappa shape index (κ1) is 53.2. The van der Waals surface area contributed by atoms with Crippen molar-refractivity contribution in [1.82, 2.24) is 10.2 Å². The Kier molecular flexibility index (Phi) is 16.4. The van der Waals surface area contributed by atoms with E-state index in [4.69, 9.17) is 14.2 Å². The summed E-state index contributed by atoms with van der Waals surface area (Å²) in [5.41, 5.74) is -5.52. The van der Waals surface area contributed by atoms with Crippen molar-refractivity contribution < 1.29 is 64.0 Å². The largest absolute Gasteiger partial charge is 0.466 e. The van der Waals surface area contributed by atoms with Crippen molar-refractivity contribution >= 4 is 23.7 Å². The number of ether oxygens (including phenoxy) is 3. The Balaban J connectivity index is 1.26. The fourth-order valence-corrected chi connectivity index (χ4v) is 13.7. The van der Waals surface area contributed by atoms with E-state index < -0.39 is 93.9 Å². The average molecular weight is 919 g/mol. The summed E-state index contributed by atoms with van der Waals surface area (Å²) in [7, 11) is 1.30. The summed E-state index contributed by atoms with van der Waals surface area (Å²) in [6, 6.07) is -0.652. The number of hydrogen-bond acceptors (Lipinski definition) is 15. The number of fused-ring (bicyclic) bond motifs is 5. The lowest BCUT2D eigenvalue weighted by Gasteiger charge is -2.60. The lowest BCUT2D eigenvalue weighted by atomic mass is 9.45. The Hall–Kier alpha value is -2.76. The highest BCUT2D eigenvalue weighted by Crippen LogP contribution is 2.70. The number of allylic oxidation sites excluding steroid dienone is 4. The van der Waals surface area contributed by atoms with E-state index in [0.29, 0.717) is 32.5 Å². The molecule has 1 aliphatic heterocycles. The predicted octanol–water partition coefficient (Wildman–Crippen LogP) is 3.49. The van der Waals surface area contributed by atoms with Gasteiger partial charge in [-0.1, -0.05) is 60.1 Å². The van der Waals surface area contributed by atoms with Gasteiger partial charge in [0.2, 0.25) is 5.60 Å². The van der Waals surface area contributed by atoms with Crippen molar-refractivity contribution in [2.24, 2.45) is 58.2 Å². The predicted molar refractivity (Wildman–Crippen MR) is 243 cm³/mol. The normalized spacial score (nSPS) is 46.4. The number of ketones is 1. The Morgan fingerprint density at radius 3 is 2.23 bits per heavy atom. The summed E-state index contributed by atoms with van der Waals surface area (Å²) in [4.78, 5) is 55.6. The number of cyclic esters (lactones) is 1. The molecule has 3 unspecified atom stereocenters. The van der Waals surface area contributed by atoms with Crippen molar-refractivity contribution in [3.63, 3.8) is 0 Å². The van der Waals surface area contributed by atoms with Crippen molar-refractivity contribution in [2.75, 3.05) is 33.3 Å².